The average Bonchev–Trinajstić information content (AvgIpc) is 2.11. The summed E-state index contributed by atoms with van der Waals surface area (Å²) < 4.78 is 25.7. The number of hydrogen-bond donors (Lipinski definition) is 1. The fourth-order valence-corrected chi connectivity index (χ4v) is 3.03. The molecule has 0 bridgehead atoms. The van der Waals surface area contributed by atoms with Crippen molar-refractivity contribution in [3.8, 4) is 0 Å². The van der Waals surface area contributed by atoms with Crippen LogP contribution in [0.4, 0.5) is 0 Å². The van der Waals surface area contributed by atoms with Crippen LogP contribution in [0.1, 0.15) is 34.6 Å². The van der Waals surface area contributed by atoms with Crippen molar-refractivity contribution in [2.75, 3.05) is 26.7 Å². The minimum atomic E-state index is -3.17. The Labute approximate surface area is 100 Å². The van der Waals surface area contributed by atoms with Crippen molar-refractivity contribution in [3.63, 3.8) is 0 Å². The quantitative estimate of drug-likeness (QED) is 0.773. The van der Waals surface area contributed by atoms with Gasteiger partial charge in [-0.3, -0.25) is 0 Å². The van der Waals surface area contributed by atoms with Gasteiger partial charge >= 0.3 is 0 Å². The SMILES string of the molecule is CCNCC(C)S(=O)(=O)N(C)CC(C)(C)C. The predicted octanol–water partition coefficient (Wildman–Crippen LogP) is 1.29. The highest BCUT2D eigenvalue weighted by molar-refractivity contribution is 7.89. The number of nitrogens with one attached hydrogen (secondary N) is 1. The molecular weight excluding hydrogens is 224 g/mol. The predicted molar refractivity (Wildman–Crippen MR) is 69.0 cm³/mol. The van der Waals surface area contributed by atoms with Crippen molar-refractivity contribution in [3.05, 3.63) is 0 Å². The Morgan fingerprint density at radius 1 is 1.31 bits per heavy atom. The van der Waals surface area contributed by atoms with Gasteiger partial charge in [0.1, 0.15) is 0 Å². The van der Waals surface area contributed by atoms with Crippen LogP contribution in [-0.2, 0) is 10.0 Å². The third kappa shape index (κ3) is 5.27. The van der Waals surface area contributed by atoms with Crippen LogP contribution in [0.5, 0.6) is 0 Å². The molecule has 1 atom stereocenters. The van der Waals surface area contributed by atoms with Gasteiger partial charge in [0, 0.05) is 20.1 Å². The van der Waals surface area contributed by atoms with Gasteiger partial charge in [0.25, 0.3) is 0 Å². The van der Waals surface area contributed by atoms with E-state index in [1.807, 2.05) is 27.7 Å². The highest BCUT2D eigenvalue weighted by atomic mass is 32.2. The maximum Gasteiger partial charge on any atom is 0.217 e. The van der Waals surface area contributed by atoms with Gasteiger partial charge in [-0.25, -0.2) is 12.7 Å². The normalized spacial score (nSPS) is 15.4. The van der Waals surface area contributed by atoms with Crippen LogP contribution in [0.3, 0.4) is 0 Å². The zero-order valence-electron chi connectivity index (χ0n) is 11.4. The van der Waals surface area contributed by atoms with E-state index in [9.17, 15) is 8.42 Å². The highest BCUT2D eigenvalue weighted by Crippen LogP contribution is 2.17. The van der Waals surface area contributed by atoms with E-state index in [0.29, 0.717) is 13.1 Å². The second-order valence-corrected chi connectivity index (χ2v) is 7.94. The Morgan fingerprint density at radius 3 is 2.19 bits per heavy atom. The highest BCUT2D eigenvalue weighted by Gasteiger charge is 2.28. The summed E-state index contributed by atoms with van der Waals surface area (Å²) in [5.41, 5.74) is -0.0142. The molecule has 0 saturated heterocycles. The summed E-state index contributed by atoms with van der Waals surface area (Å²) in [5, 5.41) is 2.69. The Hall–Kier alpha value is -0.130. The molecule has 16 heavy (non-hydrogen) atoms. The van der Waals surface area contributed by atoms with Crippen LogP contribution in [0.15, 0.2) is 0 Å². The van der Waals surface area contributed by atoms with Crippen LogP contribution >= 0.6 is 0 Å². The molecule has 0 saturated carbocycles. The molecule has 0 fully saturated rings. The van der Waals surface area contributed by atoms with Gasteiger partial charge in [0.05, 0.1) is 5.25 Å². The summed E-state index contributed by atoms with van der Waals surface area (Å²) in [7, 11) is -1.52. The standard InChI is InChI=1S/C11H26N2O2S/c1-7-12-8-10(2)16(14,15)13(6)9-11(3,4)5/h10,12H,7-9H2,1-6H3. The van der Waals surface area contributed by atoms with Crippen LogP contribution in [0.2, 0.25) is 0 Å². The van der Waals surface area contributed by atoms with Gasteiger partial charge in [-0.1, -0.05) is 27.7 Å². The second-order valence-electron chi connectivity index (χ2n) is 5.48. The molecule has 0 spiro atoms. The summed E-state index contributed by atoms with van der Waals surface area (Å²) in [6.45, 7) is 11.7. The molecule has 0 radical (unpaired) electrons. The van der Waals surface area contributed by atoms with E-state index < -0.39 is 10.0 Å². The molecule has 0 aliphatic rings. The van der Waals surface area contributed by atoms with Gasteiger partial charge in [-0.05, 0) is 18.9 Å². The molecule has 5 heteroatoms. The molecule has 0 aromatic carbocycles. The fourth-order valence-electron chi connectivity index (χ4n) is 1.52. The van der Waals surface area contributed by atoms with Crippen LogP contribution in [-0.4, -0.2) is 44.7 Å². The molecule has 1 unspecified atom stereocenters. The minimum Gasteiger partial charge on any atom is -0.316 e. The van der Waals surface area contributed by atoms with Crippen LogP contribution in [0, 0.1) is 5.41 Å². The van der Waals surface area contributed by atoms with Crippen molar-refractivity contribution >= 4 is 10.0 Å². The van der Waals surface area contributed by atoms with Crippen molar-refractivity contribution in [2.45, 2.75) is 39.9 Å². The number of rotatable bonds is 6. The lowest BCUT2D eigenvalue weighted by atomic mass is 9.97. The van der Waals surface area contributed by atoms with Crippen LogP contribution < -0.4 is 5.32 Å². The molecule has 0 aliphatic carbocycles. The van der Waals surface area contributed by atoms with Gasteiger partial charge in [0.15, 0.2) is 0 Å². The maximum atomic E-state index is 12.1. The first-order valence-corrected chi connectivity index (χ1v) is 7.27. The first kappa shape index (κ1) is 15.9. The Kier molecular flexibility index (Phi) is 5.93. The molecular formula is C11H26N2O2S. The van der Waals surface area contributed by atoms with Crippen molar-refractivity contribution in [2.24, 2.45) is 5.41 Å². The molecule has 0 aromatic rings. The monoisotopic (exact) mass is 250 g/mol. The van der Waals surface area contributed by atoms with E-state index in [-0.39, 0.29) is 10.7 Å². The van der Waals surface area contributed by atoms with Gasteiger partial charge in [-0.2, -0.15) is 0 Å². The van der Waals surface area contributed by atoms with Crippen molar-refractivity contribution in [1.82, 2.24) is 9.62 Å². The fraction of sp³-hybridized carbons (Fsp3) is 1.00. The first-order chi connectivity index (χ1) is 7.11. The number of nitrogens with zero attached hydrogens (tertiary/aromatic N) is 1. The zero-order valence-corrected chi connectivity index (χ0v) is 12.2. The van der Waals surface area contributed by atoms with E-state index >= 15 is 0 Å². The molecule has 4 nitrogen and oxygen atoms in total. The Bertz CT molecular complexity index is 294. The third-order valence-corrected chi connectivity index (χ3v) is 4.50. The minimum absolute atomic E-state index is 0.0142. The summed E-state index contributed by atoms with van der Waals surface area (Å²) in [6.07, 6.45) is 0. The van der Waals surface area contributed by atoms with Crippen molar-refractivity contribution < 1.29 is 8.42 Å². The Balaban J connectivity index is 4.53. The van der Waals surface area contributed by atoms with E-state index in [2.05, 4.69) is 5.32 Å². The third-order valence-electron chi connectivity index (χ3n) is 2.32. The van der Waals surface area contributed by atoms with E-state index in [0.717, 1.165) is 6.54 Å². The Morgan fingerprint density at radius 2 is 1.81 bits per heavy atom. The molecule has 1 N–H and O–H groups in total. The zero-order chi connectivity index (χ0) is 13.0. The van der Waals surface area contributed by atoms with Gasteiger partial charge < -0.3 is 5.32 Å². The molecule has 0 aliphatic heterocycles. The molecule has 0 rings (SSSR count). The lowest BCUT2D eigenvalue weighted by Gasteiger charge is -2.28. The summed E-state index contributed by atoms with van der Waals surface area (Å²) in [5.74, 6) is 0. The van der Waals surface area contributed by atoms with Crippen molar-refractivity contribution in [1.29, 1.82) is 0 Å². The summed E-state index contributed by atoms with van der Waals surface area (Å²) >= 11 is 0. The summed E-state index contributed by atoms with van der Waals surface area (Å²) in [4.78, 5) is 0. The second kappa shape index (κ2) is 5.98. The topological polar surface area (TPSA) is 49.4 Å². The molecule has 0 amide bonds. The molecule has 0 aromatic heterocycles. The van der Waals surface area contributed by atoms with Crippen LogP contribution in [0.25, 0.3) is 0 Å². The lowest BCUT2D eigenvalue weighted by Crippen LogP contribution is -2.43. The summed E-state index contributed by atoms with van der Waals surface area (Å²) in [6, 6.07) is 0. The largest absolute Gasteiger partial charge is 0.316 e. The maximum absolute atomic E-state index is 12.1. The number of hydrogen-bond acceptors (Lipinski definition) is 3. The number of sulfonamides is 1. The smallest absolute Gasteiger partial charge is 0.217 e. The van der Waals surface area contributed by atoms with E-state index in [1.54, 1.807) is 14.0 Å². The lowest BCUT2D eigenvalue weighted by molar-refractivity contribution is 0.308. The first-order valence-electron chi connectivity index (χ1n) is 5.77. The van der Waals surface area contributed by atoms with E-state index in [1.165, 1.54) is 4.31 Å². The van der Waals surface area contributed by atoms with Gasteiger partial charge in [0.2, 0.25) is 10.0 Å². The van der Waals surface area contributed by atoms with E-state index in [4.69, 9.17) is 0 Å². The average molecular weight is 250 g/mol. The molecule has 98 valence electrons. The molecule has 0 heterocycles. The van der Waals surface area contributed by atoms with Gasteiger partial charge in [-0.15, -0.1) is 0 Å².